The van der Waals surface area contributed by atoms with Crippen LogP contribution in [0.3, 0.4) is 0 Å². The molecule has 2 aliphatic rings. The Labute approximate surface area is 170 Å². The molecule has 3 nitrogen and oxygen atoms in total. The van der Waals surface area contributed by atoms with Gasteiger partial charge in [-0.15, -0.1) is 0 Å². The third kappa shape index (κ3) is 5.71. The van der Waals surface area contributed by atoms with E-state index in [4.69, 9.17) is 4.99 Å². The average Bonchev–Trinajstić information content (AvgIpc) is 2.90. The van der Waals surface area contributed by atoms with Gasteiger partial charge in [0.15, 0.2) is 0 Å². The largest absolute Gasteiger partial charge is 0.360 e. The molecule has 3 heteroatoms. The van der Waals surface area contributed by atoms with Gasteiger partial charge < -0.3 is 4.90 Å². The van der Waals surface area contributed by atoms with Crippen LogP contribution in [0.4, 0.5) is 0 Å². The summed E-state index contributed by atoms with van der Waals surface area (Å²) in [5.41, 5.74) is 0.933. The van der Waals surface area contributed by atoms with E-state index in [9.17, 15) is 0 Å². The normalized spacial score (nSPS) is 28.5. The Bertz CT molecular complexity index is 501. The van der Waals surface area contributed by atoms with Crippen LogP contribution < -0.4 is 0 Å². The molecule has 1 spiro atoms. The smallest absolute Gasteiger partial charge is 0.116 e. The maximum atomic E-state index is 5.43. The highest BCUT2D eigenvalue weighted by Crippen LogP contribution is 2.46. The number of amidine groups is 1. The molecule has 1 heterocycles. The molecule has 0 aromatic carbocycles. The number of aliphatic imine (C=N–C) groups is 1. The molecule has 0 saturated heterocycles. The second kappa shape index (κ2) is 8.43. The second-order valence-corrected chi connectivity index (χ2v) is 11.6. The van der Waals surface area contributed by atoms with Crippen molar-refractivity contribution in [2.75, 3.05) is 20.1 Å². The molecule has 0 aromatic heterocycles. The van der Waals surface area contributed by atoms with E-state index in [1.807, 2.05) is 0 Å². The maximum Gasteiger partial charge on any atom is 0.116 e. The van der Waals surface area contributed by atoms with Crippen LogP contribution in [0.1, 0.15) is 100 Å². The summed E-state index contributed by atoms with van der Waals surface area (Å²) >= 11 is 0. The lowest BCUT2D eigenvalue weighted by molar-refractivity contribution is 0.0400. The summed E-state index contributed by atoms with van der Waals surface area (Å²) in [5.74, 6) is 2.17. The van der Waals surface area contributed by atoms with Crippen LogP contribution in [0.5, 0.6) is 0 Å². The average molecular weight is 378 g/mol. The van der Waals surface area contributed by atoms with Gasteiger partial charge in [0, 0.05) is 19.6 Å². The lowest BCUT2D eigenvalue weighted by atomic mass is 9.69. The van der Waals surface area contributed by atoms with E-state index in [0.717, 1.165) is 12.5 Å². The van der Waals surface area contributed by atoms with E-state index < -0.39 is 0 Å². The van der Waals surface area contributed by atoms with Gasteiger partial charge in [0.1, 0.15) is 11.5 Å². The van der Waals surface area contributed by atoms with E-state index in [1.165, 1.54) is 57.3 Å². The third-order valence-corrected chi connectivity index (χ3v) is 7.28. The molecular formula is C24H47N3. The van der Waals surface area contributed by atoms with Crippen molar-refractivity contribution in [3.05, 3.63) is 0 Å². The first-order valence-electron chi connectivity index (χ1n) is 11.4. The van der Waals surface area contributed by atoms with Gasteiger partial charge in [-0.05, 0) is 68.6 Å². The summed E-state index contributed by atoms with van der Waals surface area (Å²) in [6.45, 7) is 21.2. The van der Waals surface area contributed by atoms with Crippen LogP contribution in [0, 0.1) is 16.7 Å². The first-order chi connectivity index (χ1) is 12.4. The maximum absolute atomic E-state index is 5.43. The molecular weight excluding hydrogens is 330 g/mol. The zero-order valence-corrected chi connectivity index (χ0v) is 19.9. The van der Waals surface area contributed by atoms with Crippen molar-refractivity contribution < 1.29 is 0 Å². The molecule has 0 N–H and O–H groups in total. The Balaban J connectivity index is 2.13. The minimum Gasteiger partial charge on any atom is -0.360 e. The highest BCUT2D eigenvalue weighted by Gasteiger charge is 2.46. The van der Waals surface area contributed by atoms with E-state index in [1.54, 1.807) is 0 Å². The Kier molecular flexibility index (Phi) is 7.09. The van der Waals surface area contributed by atoms with Gasteiger partial charge in [0.05, 0.1) is 6.54 Å². The van der Waals surface area contributed by atoms with Crippen molar-refractivity contribution in [3.63, 3.8) is 0 Å². The van der Waals surface area contributed by atoms with Crippen LogP contribution in [0.15, 0.2) is 4.99 Å². The van der Waals surface area contributed by atoms with Gasteiger partial charge in [-0.3, -0.25) is 4.90 Å². The Morgan fingerprint density at radius 1 is 1.15 bits per heavy atom. The van der Waals surface area contributed by atoms with E-state index in [0.29, 0.717) is 16.9 Å². The van der Waals surface area contributed by atoms with Gasteiger partial charge in [-0.25, -0.2) is 4.99 Å². The minimum absolute atomic E-state index is 0.0800. The molecule has 158 valence electrons. The fourth-order valence-electron chi connectivity index (χ4n) is 4.84. The number of hydrogen-bond acceptors (Lipinski definition) is 3. The fourth-order valence-corrected chi connectivity index (χ4v) is 4.84. The second-order valence-electron chi connectivity index (χ2n) is 11.6. The zero-order valence-electron chi connectivity index (χ0n) is 19.9. The molecule has 1 saturated carbocycles. The molecule has 27 heavy (non-hydrogen) atoms. The fraction of sp³-hybridized carbons (Fsp3) is 0.958. The monoisotopic (exact) mass is 377 g/mol. The summed E-state index contributed by atoms with van der Waals surface area (Å²) < 4.78 is 0. The Hall–Kier alpha value is -0.570. The van der Waals surface area contributed by atoms with Crippen LogP contribution >= 0.6 is 0 Å². The lowest BCUT2D eigenvalue weighted by Crippen LogP contribution is -2.48. The molecule has 0 aromatic rings. The SMILES string of the molecule is CCC(C)N(C)C1=NC2(CCC(C(C)(C)C)CC2)N(CCCC(C)(C)C)C1. The first-order valence-corrected chi connectivity index (χ1v) is 11.4. The highest BCUT2D eigenvalue weighted by molar-refractivity contribution is 5.86. The van der Waals surface area contributed by atoms with E-state index in [2.05, 4.69) is 72.2 Å². The number of hydrogen-bond donors (Lipinski definition) is 0. The number of likely N-dealkylation sites (N-methyl/N-ethyl adjacent to an activating group) is 1. The van der Waals surface area contributed by atoms with Crippen LogP contribution in [0.2, 0.25) is 0 Å². The van der Waals surface area contributed by atoms with Crippen molar-refractivity contribution in [1.29, 1.82) is 0 Å². The molecule has 0 amide bonds. The molecule has 1 aliphatic carbocycles. The van der Waals surface area contributed by atoms with Crippen molar-refractivity contribution in [3.8, 4) is 0 Å². The van der Waals surface area contributed by atoms with E-state index >= 15 is 0 Å². The standard InChI is InChI=1S/C24H47N3/c1-10-19(2)26(9)21-18-27(17-11-14-22(3,4)5)24(25-21)15-12-20(13-16-24)23(6,7)8/h19-20H,10-18H2,1-9H3. The quantitative estimate of drug-likeness (QED) is 0.569. The summed E-state index contributed by atoms with van der Waals surface area (Å²) in [7, 11) is 2.25. The van der Waals surface area contributed by atoms with Crippen molar-refractivity contribution in [2.24, 2.45) is 21.7 Å². The van der Waals surface area contributed by atoms with Crippen molar-refractivity contribution in [1.82, 2.24) is 9.80 Å². The van der Waals surface area contributed by atoms with Crippen molar-refractivity contribution >= 4 is 5.84 Å². The first kappa shape index (κ1) is 22.7. The van der Waals surface area contributed by atoms with Crippen molar-refractivity contribution in [2.45, 2.75) is 112 Å². The number of nitrogens with zero attached hydrogens (tertiary/aromatic N) is 3. The molecule has 1 aliphatic heterocycles. The summed E-state index contributed by atoms with van der Waals surface area (Å²) in [5, 5.41) is 0. The molecule has 1 unspecified atom stereocenters. The van der Waals surface area contributed by atoms with Crippen LogP contribution in [0.25, 0.3) is 0 Å². The molecule has 0 bridgehead atoms. The van der Waals surface area contributed by atoms with E-state index in [-0.39, 0.29) is 5.66 Å². The Morgan fingerprint density at radius 2 is 1.74 bits per heavy atom. The molecule has 2 rings (SSSR count). The molecule has 0 radical (unpaired) electrons. The topological polar surface area (TPSA) is 18.8 Å². The zero-order chi connectivity index (χ0) is 20.5. The van der Waals surface area contributed by atoms with Crippen LogP contribution in [-0.4, -0.2) is 47.5 Å². The molecule has 1 fully saturated rings. The minimum atomic E-state index is 0.0800. The summed E-state index contributed by atoms with van der Waals surface area (Å²) in [6.07, 6.45) is 8.87. The molecule has 1 atom stereocenters. The predicted octanol–water partition coefficient (Wildman–Crippen LogP) is 6.19. The van der Waals surface area contributed by atoms with Gasteiger partial charge in [-0.2, -0.15) is 0 Å². The highest BCUT2D eigenvalue weighted by atomic mass is 15.4. The van der Waals surface area contributed by atoms with Crippen LogP contribution in [-0.2, 0) is 0 Å². The third-order valence-electron chi connectivity index (χ3n) is 7.28. The number of rotatable bonds is 5. The summed E-state index contributed by atoms with van der Waals surface area (Å²) in [4.78, 5) is 10.6. The van der Waals surface area contributed by atoms with Gasteiger partial charge in [0.2, 0.25) is 0 Å². The predicted molar refractivity (Wildman–Crippen MR) is 119 cm³/mol. The van der Waals surface area contributed by atoms with Gasteiger partial charge in [-0.1, -0.05) is 48.5 Å². The lowest BCUT2D eigenvalue weighted by Gasteiger charge is -2.45. The van der Waals surface area contributed by atoms with Gasteiger partial charge >= 0.3 is 0 Å². The Morgan fingerprint density at radius 3 is 2.22 bits per heavy atom. The summed E-state index contributed by atoms with van der Waals surface area (Å²) in [6, 6.07) is 0.571. The van der Waals surface area contributed by atoms with Gasteiger partial charge in [0.25, 0.3) is 0 Å².